The van der Waals surface area contributed by atoms with Crippen molar-refractivity contribution in [1.29, 1.82) is 0 Å². The van der Waals surface area contributed by atoms with E-state index in [0.29, 0.717) is 19.5 Å². The second-order valence-electron chi connectivity index (χ2n) is 5.03. The minimum Gasteiger partial charge on any atom is -0.329 e. The average Bonchev–Trinajstić information content (AvgIpc) is 2.61. The van der Waals surface area contributed by atoms with Crippen LogP contribution in [0.25, 0.3) is 0 Å². The summed E-state index contributed by atoms with van der Waals surface area (Å²) >= 11 is 0. The first kappa shape index (κ1) is 13.5. The molecule has 2 atom stereocenters. The molecule has 0 aromatic heterocycles. The highest BCUT2D eigenvalue weighted by atomic mass is 32.2. The predicted molar refractivity (Wildman–Crippen MR) is 72.6 cm³/mol. The summed E-state index contributed by atoms with van der Waals surface area (Å²) in [5, 5.41) is 0. The van der Waals surface area contributed by atoms with E-state index >= 15 is 0 Å². The van der Waals surface area contributed by atoms with Crippen LogP contribution in [0, 0.1) is 5.92 Å². The normalized spacial score (nSPS) is 25.1. The molecule has 4 nitrogen and oxygen atoms in total. The van der Waals surface area contributed by atoms with Crippen LogP contribution < -0.4 is 5.73 Å². The van der Waals surface area contributed by atoms with Gasteiger partial charge >= 0.3 is 0 Å². The second kappa shape index (κ2) is 5.38. The predicted octanol–water partition coefficient (Wildman–Crippen LogP) is 0.838. The fourth-order valence-electron chi connectivity index (χ4n) is 2.49. The highest BCUT2D eigenvalue weighted by Gasteiger charge is 2.37. The molecule has 1 fully saturated rings. The van der Waals surface area contributed by atoms with Gasteiger partial charge in [-0.15, -0.1) is 0 Å². The van der Waals surface area contributed by atoms with Gasteiger partial charge in [0.05, 0.1) is 5.75 Å². The Morgan fingerprint density at radius 1 is 1.39 bits per heavy atom. The molecule has 0 aliphatic carbocycles. The van der Waals surface area contributed by atoms with Crippen molar-refractivity contribution >= 4 is 10.0 Å². The van der Waals surface area contributed by atoms with Gasteiger partial charge < -0.3 is 5.73 Å². The van der Waals surface area contributed by atoms with Gasteiger partial charge in [0.2, 0.25) is 10.0 Å². The van der Waals surface area contributed by atoms with Crippen molar-refractivity contribution in [3.8, 4) is 0 Å². The molecule has 18 heavy (non-hydrogen) atoms. The SMILES string of the molecule is CC1CN(C(CN)Cc2ccccc2)S(=O)(=O)C1. The van der Waals surface area contributed by atoms with Crippen LogP contribution in [0.1, 0.15) is 12.5 Å². The fraction of sp³-hybridized carbons (Fsp3) is 0.538. The minimum absolute atomic E-state index is 0.123. The molecule has 1 aliphatic rings. The maximum absolute atomic E-state index is 12.0. The molecule has 0 bridgehead atoms. The zero-order chi connectivity index (χ0) is 13.2. The third-order valence-electron chi connectivity index (χ3n) is 3.34. The van der Waals surface area contributed by atoms with Crippen molar-refractivity contribution in [3.05, 3.63) is 35.9 Å². The summed E-state index contributed by atoms with van der Waals surface area (Å²) in [7, 11) is -3.11. The molecule has 100 valence electrons. The van der Waals surface area contributed by atoms with E-state index < -0.39 is 10.0 Å². The highest BCUT2D eigenvalue weighted by Crippen LogP contribution is 2.23. The fourth-order valence-corrected chi connectivity index (χ4v) is 4.61. The van der Waals surface area contributed by atoms with Gasteiger partial charge in [-0.3, -0.25) is 0 Å². The van der Waals surface area contributed by atoms with Gasteiger partial charge in [-0.1, -0.05) is 37.3 Å². The number of benzene rings is 1. The zero-order valence-corrected chi connectivity index (χ0v) is 11.4. The lowest BCUT2D eigenvalue weighted by Gasteiger charge is -2.25. The first-order valence-electron chi connectivity index (χ1n) is 6.26. The average molecular weight is 268 g/mol. The summed E-state index contributed by atoms with van der Waals surface area (Å²) in [5.74, 6) is 0.443. The van der Waals surface area contributed by atoms with E-state index in [1.54, 1.807) is 4.31 Å². The molecule has 0 spiro atoms. The van der Waals surface area contributed by atoms with Crippen LogP contribution in [0.2, 0.25) is 0 Å². The van der Waals surface area contributed by atoms with Crippen LogP contribution in [0.15, 0.2) is 30.3 Å². The summed E-state index contributed by atoms with van der Waals surface area (Å²) in [6.45, 7) is 2.92. The highest BCUT2D eigenvalue weighted by molar-refractivity contribution is 7.89. The third-order valence-corrected chi connectivity index (χ3v) is 5.49. The van der Waals surface area contributed by atoms with Gasteiger partial charge in [-0.25, -0.2) is 8.42 Å². The van der Waals surface area contributed by atoms with Crippen LogP contribution >= 0.6 is 0 Å². The number of rotatable bonds is 4. The van der Waals surface area contributed by atoms with Gasteiger partial charge in [0.25, 0.3) is 0 Å². The van der Waals surface area contributed by atoms with Crippen LogP contribution in [0.5, 0.6) is 0 Å². The van der Waals surface area contributed by atoms with Gasteiger partial charge in [-0.05, 0) is 17.9 Å². The van der Waals surface area contributed by atoms with Crippen molar-refractivity contribution in [2.75, 3.05) is 18.8 Å². The van der Waals surface area contributed by atoms with Crippen LogP contribution in [-0.2, 0) is 16.4 Å². The maximum atomic E-state index is 12.0. The molecule has 5 heteroatoms. The van der Waals surface area contributed by atoms with Gasteiger partial charge in [0.15, 0.2) is 0 Å². The molecule has 2 unspecified atom stereocenters. The minimum atomic E-state index is -3.11. The molecule has 1 heterocycles. The lowest BCUT2D eigenvalue weighted by atomic mass is 10.1. The van der Waals surface area contributed by atoms with E-state index in [9.17, 15) is 8.42 Å². The maximum Gasteiger partial charge on any atom is 0.214 e. The Kier molecular flexibility index (Phi) is 4.04. The Morgan fingerprint density at radius 3 is 2.56 bits per heavy atom. The Balaban J connectivity index is 2.15. The van der Waals surface area contributed by atoms with E-state index in [1.807, 2.05) is 37.3 Å². The smallest absolute Gasteiger partial charge is 0.214 e. The number of nitrogens with zero attached hydrogens (tertiary/aromatic N) is 1. The second-order valence-corrected chi connectivity index (χ2v) is 7.00. The molecule has 2 rings (SSSR count). The Hall–Kier alpha value is -0.910. The molecular weight excluding hydrogens is 248 g/mol. The number of nitrogens with two attached hydrogens (primary N) is 1. The van der Waals surface area contributed by atoms with E-state index in [-0.39, 0.29) is 17.7 Å². The largest absolute Gasteiger partial charge is 0.329 e. The first-order valence-corrected chi connectivity index (χ1v) is 7.87. The van der Waals surface area contributed by atoms with E-state index in [1.165, 1.54) is 0 Å². The Labute approximate surface area is 109 Å². The molecule has 0 saturated carbocycles. The molecule has 1 aromatic carbocycles. The Bertz CT molecular complexity index is 487. The standard InChI is InChI=1S/C13H20N2O2S/c1-11-9-15(18(16,17)10-11)13(8-14)7-12-5-3-2-4-6-12/h2-6,11,13H,7-10,14H2,1H3. The third kappa shape index (κ3) is 2.91. The van der Waals surface area contributed by atoms with Crippen molar-refractivity contribution in [2.45, 2.75) is 19.4 Å². The number of hydrogen-bond donors (Lipinski definition) is 1. The summed E-state index contributed by atoms with van der Waals surface area (Å²) in [5.41, 5.74) is 6.89. The zero-order valence-electron chi connectivity index (χ0n) is 10.6. The number of hydrogen-bond acceptors (Lipinski definition) is 3. The molecule has 1 aromatic rings. The lowest BCUT2D eigenvalue weighted by molar-refractivity contribution is 0.323. The molecule has 2 N–H and O–H groups in total. The van der Waals surface area contributed by atoms with E-state index in [4.69, 9.17) is 5.73 Å². The molecule has 0 amide bonds. The molecule has 0 radical (unpaired) electrons. The van der Waals surface area contributed by atoms with Gasteiger partial charge in [-0.2, -0.15) is 4.31 Å². The summed E-state index contributed by atoms with van der Waals surface area (Å²) in [4.78, 5) is 0. The van der Waals surface area contributed by atoms with E-state index in [2.05, 4.69) is 0 Å². The monoisotopic (exact) mass is 268 g/mol. The topological polar surface area (TPSA) is 63.4 Å². The molecule has 1 aliphatic heterocycles. The summed E-state index contributed by atoms with van der Waals surface area (Å²) in [6, 6.07) is 9.77. The van der Waals surface area contributed by atoms with Crippen LogP contribution in [-0.4, -0.2) is 37.6 Å². The van der Waals surface area contributed by atoms with E-state index in [0.717, 1.165) is 5.56 Å². The van der Waals surface area contributed by atoms with Crippen molar-refractivity contribution in [2.24, 2.45) is 11.7 Å². The summed E-state index contributed by atoms with van der Waals surface area (Å²) in [6.07, 6.45) is 0.684. The van der Waals surface area contributed by atoms with Crippen molar-refractivity contribution in [3.63, 3.8) is 0 Å². The first-order chi connectivity index (χ1) is 8.53. The quantitative estimate of drug-likeness (QED) is 0.880. The summed E-state index contributed by atoms with van der Waals surface area (Å²) < 4.78 is 25.7. The van der Waals surface area contributed by atoms with Gasteiger partial charge in [0, 0.05) is 19.1 Å². The van der Waals surface area contributed by atoms with Crippen molar-refractivity contribution < 1.29 is 8.42 Å². The molecular formula is C13H20N2O2S. The number of sulfonamides is 1. The lowest BCUT2D eigenvalue weighted by Crippen LogP contribution is -2.43. The van der Waals surface area contributed by atoms with Crippen LogP contribution in [0.3, 0.4) is 0 Å². The molecule has 1 saturated heterocycles. The van der Waals surface area contributed by atoms with Crippen molar-refractivity contribution in [1.82, 2.24) is 4.31 Å². The Morgan fingerprint density at radius 2 is 2.06 bits per heavy atom. The van der Waals surface area contributed by atoms with Crippen LogP contribution in [0.4, 0.5) is 0 Å². The van der Waals surface area contributed by atoms with Gasteiger partial charge in [0.1, 0.15) is 0 Å².